The first kappa shape index (κ1) is 22.3. The molecule has 1 aliphatic heterocycles. The van der Waals surface area contributed by atoms with Crippen molar-refractivity contribution in [1.29, 1.82) is 0 Å². The Balaban J connectivity index is 2.04. The van der Waals surface area contributed by atoms with Crippen LogP contribution in [0.3, 0.4) is 0 Å². The molecule has 1 aliphatic rings. The minimum absolute atomic E-state index is 0.403. The Hall–Kier alpha value is -1.94. The van der Waals surface area contributed by atoms with E-state index in [0.717, 1.165) is 18.4 Å². The fourth-order valence-electron chi connectivity index (χ4n) is 3.46. The monoisotopic (exact) mass is 484 g/mol. The molecule has 9 heteroatoms. The SMILES string of the molecule is CCCc1ccc(S2(OS(=O)(=O)C(F)(F)F)c3ccccc3Sc3ccccc32)cc1. The molecule has 1 heterocycles. The van der Waals surface area contributed by atoms with Crippen LogP contribution in [-0.2, 0) is 20.2 Å². The molecule has 0 aliphatic carbocycles. The summed E-state index contributed by atoms with van der Waals surface area (Å²) in [4.78, 5) is 2.63. The van der Waals surface area contributed by atoms with Crippen LogP contribution in [0.15, 0.2) is 97.3 Å². The number of fused-ring (bicyclic) bond motifs is 2. The van der Waals surface area contributed by atoms with Gasteiger partial charge in [0.15, 0.2) is 0 Å². The van der Waals surface area contributed by atoms with Crippen LogP contribution in [0.1, 0.15) is 18.9 Å². The number of hydrogen-bond donors (Lipinski definition) is 0. The summed E-state index contributed by atoms with van der Waals surface area (Å²) in [7, 11) is -9.08. The summed E-state index contributed by atoms with van der Waals surface area (Å²) in [5.74, 6) is 0. The van der Waals surface area contributed by atoms with Gasteiger partial charge in [0.05, 0.1) is 0 Å². The van der Waals surface area contributed by atoms with Crippen LogP contribution in [-0.4, -0.2) is 13.9 Å². The van der Waals surface area contributed by atoms with Crippen molar-refractivity contribution in [3.8, 4) is 0 Å². The summed E-state index contributed by atoms with van der Waals surface area (Å²) < 4.78 is 70.5. The molecule has 0 aromatic heterocycles. The van der Waals surface area contributed by atoms with Gasteiger partial charge in [-0.15, -0.1) is 0 Å². The standard InChI is InChI=1S/C22H19F3O3S3/c1-2-7-16-12-14-17(15-13-16)30(28-31(26,27)22(23,24)25)20-10-5-3-8-18(20)29-19-9-4-6-11-21(19)30/h3-6,8-15H,2,7H2,1H3. The molecule has 0 bridgehead atoms. The van der Waals surface area contributed by atoms with Gasteiger partial charge in [-0.25, -0.2) is 0 Å². The van der Waals surface area contributed by atoms with Crippen LogP contribution >= 0.6 is 22.1 Å². The Morgan fingerprint density at radius 1 is 0.871 bits per heavy atom. The Morgan fingerprint density at radius 3 is 1.87 bits per heavy atom. The summed E-state index contributed by atoms with van der Waals surface area (Å²) in [5, 5.41) is 0. The quantitative estimate of drug-likeness (QED) is 0.360. The minimum atomic E-state index is -5.88. The van der Waals surface area contributed by atoms with Gasteiger partial charge in [-0.1, -0.05) is 61.5 Å². The van der Waals surface area contributed by atoms with E-state index in [4.69, 9.17) is 3.63 Å². The minimum Gasteiger partial charge on any atom is -0.200 e. The highest BCUT2D eigenvalue weighted by Gasteiger charge is 2.54. The Morgan fingerprint density at radius 2 is 1.39 bits per heavy atom. The Bertz CT molecular complexity index is 1160. The highest BCUT2D eigenvalue weighted by atomic mass is 32.3. The van der Waals surface area contributed by atoms with Crippen molar-refractivity contribution >= 4 is 32.2 Å². The van der Waals surface area contributed by atoms with E-state index in [9.17, 15) is 21.6 Å². The molecular formula is C22H19F3O3S3. The van der Waals surface area contributed by atoms with Gasteiger partial charge in [-0.3, -0.25) is 0 Å². The van der Waals surface area contributed by atoms with Crippen molar-refractivity contribution in [3.63, 3.8) is 0 Å². The normalized spacial score (nSPS) is 16.3. The van der Waals surface area contributed by atoms with Crippen molar-refractivity contribution in [2.75, 3.05) is 0 Å². The van der Waals surface area contributed by atoms with E-state index < -0.39 is 25.9 Å². The first-order chi connectivity index (χ1) is 14.7. The molecule has 0 N–H and O–H groups in total. The predicted octanol–water partition coefficient (Wildman–Crippen LogP) is 7.17. The highest BCUT2D eigenvalue weighted by Crippen LogP contribution is 2.76. The largest absolute Gasteiger partial charge is 0.524 e. The average Bonchev–Trinajstić information content (AvgIpc) is 2.73. The average molecular weight is 485 g/mol. The number of halogens is 3. The van der Waals surface area contributed by atoms with E-state index in [1.807, 2.05) is 19.1 Å². The molecule has 3 nitrogen and oxygen atoms in total. The summed E-state index contributed by atoms with van der Waals surface area (Å²) in [6.45, 7) is 2.03. The lowest BCUT2D eigenvalue weighted by Crippen LogP contribution is -2.28. The Labute approximate surface area is 185 Å². The zero-order valence-corrected chi connectivity index (χ0v) is 18.9. The lowest BCUT2D eigenvalue weighted by Gasteiger charge is -2.43. The van der Waals surface area contributed by atoms with Crippen molar-refractivity contribution in [2.24, 2.45) is 0 Å². The molecule has 31 heavy (non-hydrogen) atoms. The molecule has 0 saturated carbocycles. The van der Waals surface area contributed by atoms with Crippen molar-refractivity contribution in [2.45, 2.75) is 49.8 Å². The van der Waals surface area contributed by atoms with Gasteiger partial charge >= 0.3 is 15.6 Å². The third-order valence-corrected chi connectivity index (χ3v) is 11.2. The second-order valence-corrected chi connectivity index (χ2v) is 12.4. The molecule has 164 valence electrons. The fraction of sp³-hybridized carbons (Fsp3) is 0.182. The van der Waals surface area contributed by atoms with Gasteiger partial charge in [0.25, 0.3) is 0 Å². The first-order valence-electron chi connectivity index (χ1n) is 9.50. The van der Waals surface area contributed by atoms with Crippen LogP contribution in [0.4, 0.5) is 13.2 Å². The maximum Gasteiger partial charge on any atom is 0.524 e. The molecule has 0 saturated heterocycles. The third-order valence-electron chi connectivity index (χ3n) is 4.81. The summed E-state index contributed by atoms with van der Waals surface area (Å²) in [5.41, 5.74) is -4.52. The van der Waals surface area contributed by atoms with E-state index in [-0.39, 0.29) is 0 Å². The Kier molecular flexibility index (Phi) is 5.89. The lowest BCUT2D eigenvalue weighted by atomic mass is 10.1. The second-order valence-electron chi connectivity index (χ2n) is 6.91. The van der Waals surface area contributed by atoms with E-state index >= 15 is 0 Å². The van der Waals surface area contributed by atoms with Crippen LogP contribution in [0.5, 0.6) is 0 Å². The van der Waals surface area contributed by atoms with E-state index in [1.54, 1.807) is 60.7 Å². The smallest absolute Gasteiger partial charge is 0.200 e. The highest BCUT2D eigenvalue weighted by molar-refractivity contribution is 8.33. The maximum absolute atomic E-state index is 13.5. The number of aryl methyl sites for hydroxylation is 1. The van der Waals surface area contributed by atoms with Crippen LogP contribution in [0, 0.1) is 0 Å². The molecule has 0 spiro atoms. The van der Waals surface area contributed by atoms with Crippen LogP contribution < -0.4 is 0 Å². The molecule has 0 fully saturated rings. The molecule has 4 rings (SSSR count). The third kappa shape index (κ3) is 3.88. The zero-order chi connectivity index (χ0) is 22.3. The van der Waals surface area contributed by atoms with Gasteiger partial charge in [0, 0.05) is 24.5 Å². The van der Waals surface area contributed by atoms with Gasteiger partial charge < -0.3 is 0 Å². The first-order valence-corrected chi connectivity index (χ1v) is 13.3. The lowest BCUT2D eigenvalue weighted by molar-refractivity contribution is -0.0496. The fourth-order valence-corrected chi connectivity index (χ4v) is 10.1. The topological polar surface area (TPSA) is 43.4 Å². The number of hydrogen-bond acceptors (Lipinski definition) is 4. The van der Waals surface area contributed by atoms with E-state index in [1.165, 1.54) is 11.8 Å². The number of rotatable bonds is 5. The van der Waals surface area contributed by atoms with Gasteiger partial charge in [0.1, 0.15) is 0 Å². The summed E-state index contributed by atoms with van der Waals surface area (Å²) >= 11 is 1.39. The van der Waals surface area contributed by atoms with Crippen LogP contribution in [0.25, 0.3) is 0 Å². The molecular weight excluding hydrogens is 465 g/mol. The number of benzene rings is 3. The van der Waals surface area contributed by atoms with Gasteiger partial charge in [-0.2, -0.15) is 25.2 Å². The van der Waals surface area contributed by atoms with E-state index in [2.05, 4.69) is 0 Å². The van der Waals surface area contributed by atoms with Crippen molar-refractivity contribution < 1.29 is 25.2 Å². The molecule has 3 aromatic carbocycles. The van der Waals surface area contributed by atoms with Gasteiger partial charge in [0.2, 0.25) is 0 Å². The molecule has 0 amide bonds. The summed E-state index contributed by atoms with van der Waals surface area (Å²) in [6, 6.07) is 20.8. The second kappa shape index (κ2) is 8.20. The van der Waals surface area contributed by atoms with E-state index in [0.29, 0.717) is 24.5 Å². The zero-order valence-electron chi connectivity index (χ0n) is 16.4. The molecule has 3 aromatic rings. The molecule has 0 atom stereocenters. The van der Waals surface area contributed by atoms with Crippen molar-refractivity contribution in [3.05, 3.63) is 78.4 Å². The summed E-state index contributed by atoms with van der Waals surface area (Å²) in [6.07, 6.45) is 1.73. The molecule has 0 radical (unpaired) electrons. The molecule has 0 unspecified atom stereocenters. The number of alkyl halides is 3. The van der Waals surface area contributed by atoms with Gasteiger partial charge in [-0.05, 0) is 58.7 Å². The van der Waals surface area contributed by atoms with Crippen molar-refractivity contribution in [1.82, 2.24) is 0 Å². The maximum atomic E-state index is 13.5. The van der Waals surface area contributed by atoms with Crippen LogP contribution in [0.2, 0.25) is 0 Å². The predicted molar refractivity (Wildman–Crippen MR) is 116 cm³/mol.